The third-order valence-corrected chi connectivity index (χ3v) is 4.18. The van der Waals surface area contributed by atoms with Gasteiger partial charge >= 0.3 is 0 Å². The Bertz CT molecular complexity index is 973. The van der Waals surface area contributed by atoms with Crippen LogP contribution < -0.4 is 16.0 Å². The molecule has 0 spiro atoms. The summed E-state index contributed by atoms with van der Waals surface area (Å²) >= 11 is 0. The zero-order valence-electron chi connectivity index (χ0n) is 16.3. The lowest BCUT2D eigenvalue weighted by atomic mass is 10.1. The first-order valence-corrected chi connectivity index (χ1v) is 9.12. The molecule has 3 N–H and O–H groups in total. The molecule has 1 aromatic carbocycles. The molecule has 0 fully saturated rings. The number of rotatable bonds is 7. The number of amides is 1. The van der Waals surface area contributed by atoms with Crippen LogP contribution >= 0.6 is 0 Å². The monoisotopic (exact) mass is 376 g/mol. The number of anilines is 3. The van der Waals surface area contributed by atoms with Gasteiger partial charge in [0.05, 0.1) is 0 Å². The van der Waals surface area contributed by atoms with E-state index in [1.807, 2.05) is 51.1 Å². The van der Waals surface area contributed by atoms with E-state index in [0.29, 0.717) is 30.3 Å². The number of nitrogens with one attached hydrogen (secondary N) is 3. The number of aryl methyl sites for hydroxylation is 3. The second-order valence-corrected chi connectivity index (χ2v) is 6.63. The van der Waals surface area contributed by atoms with Gasteiger partial charge in [-0.1, -0.05) is 17.7 Å². The zero-order chi connectivity index (χ0) is 19.9. The molecule has 7 heteroatoms. The third-order valence-electron chi connectivity index (χ3n) is 4.18. The third kappa shape index (κ3) is 5.26. The average molecular weight is 376 g/mol. The molecule has 0 aliphatic rings. The van der Waals surface area contributed by atoms with Gasteiger partial charge in [0.2, 0.25) is 0 Å². The van der Waals surface area contributed by atoms with E-state index in [-0.39, 0.29) is 5.91 Å². The Hall–Kier alpha value is -3.48. The molecular formula is C21H24N6O. The van der Waals surface area contributed by atoms with Gasteiger partial charge in [-0.05, 0) is 50.1 Å². The Balaban J connectivity index is 1.50. The van der Waals surface area contributed by atoms with E-state index in [0.717, 1.165) is 22.5 Å². The van der Waals surface area contributed by atoms with Gasteiger partial charge in [-0.3, -0.25) is 4.79 Å². The van der Waals surface area contributed by atoms with Crippen molar-refractivity contribution < 1.29 is 4.79 Å². The minimum atomic E-state index is -0.0742. The molecule has 7 nitrogen and oxygen atoms in total. The maximum absolute atomic E-state index is 12.3. The Morgan fingerprint density at radius 2 is 1.61 bits per heavy atom. The highest BCUT2D eigenvalue weighted by molar-refractivity contribution is 5.95. The molecule has 0 aliphatic heterocycles. The molecule has 144 valence electrons. The number of carbonyl (C=O) groups is 1. The smallest absolute Gasteiger partial charge is 0.251 e. The lowest BCUT2D eigenvalue weighted by Gasteiger charge is -2.10. The maximum atomic E-state index is 12.3. The zero-order valence-corrected chi connectivity index (χ0v) is 16.3. The maximum Gasteiger partial charge on any atom is 0.251 e. The topological polar surface area (TPSA) is 91.8 Å². The lowest BCUT2D eigenvalue weighted by molar-refractivity contribution is 0.0954. The number of hydrogen-bond donors (Lipinski definition) is 3. The lowest BCUT2D eigenvalue weighted by Crippen LogP contribution is -2.29. The van der Waals surface area contributed by atoms with Gasteiger partial charge < -0.3 is 16.0 Å². The Kier molecular flexibility index (Phi) is 6.16. The molecule has 0 saturated heterocycles. The molecule has 2 heterocycles. The van der Waals surface area contributed by atoms with Crippen molar-refractivity contribution in [1.29, 1.82) is 0 Å². The van der Waals surface area contributed by atoms with Crippen LogP contribution in [0.1, 0.15) is 27.0 Å². The number of pyridine rings is 1. The molecule has 3 aromatic rings. The predicted molar refractivity (Wildman–Crippen MR) is 111 cm³/mol. The minimum Gasteiger partial charge on any atom is -0.368 e. The summed E-state index contributed by atoms with van der Waals surface area (Å²) in [5, 5.41) is 9.26. The second-order valence-electron chi connectivity index (χ2n) is 6.63. The van der Waals surface area contributed by atoms with Crippen LogP contribution in [0.2, 0.25) is 0 Å². The number of hydrogen-bond acceptors (Lipinski definition) is 6. The summed E-state index contributed by atoms with van der Waals surface area (Å²) in [5.74, 6) is 1.97. The number of aromatic nitrogens is 3. The van der Waals surface area contributed by atoms with Gasteiger partial charge in [0.1, 0.15) is 23.8 Å². The largest absolute Gasteiger partial charge is 0.368 e. The molecular weight excluding hydrogens is 352 g/mol. The highest BCUT2D eigenvalue weighted by Gasteiger charge is 2.08. The standard InChI is InChI=1S/C21H24N6O/c1-14-4-5-17(16(3)10-14)21(28)24-9-8-23-18-12-20(26-13-25-18)27-19-11-15(2)6-7-22-19/h4-7,10-13H,8-9H2,1-3H3,(H,24,28)(H2,22,23,25,26,27). The summed E-state index contributed by atoms with van der Waals surface area (Å²) in [7, 11) is 0. The van der Waals surface area contributed by atoms with E-state index >= 15 is 0 Å². The summed E-state index contributed by atoms with van der Waals surface area (Å²) < 4.78 is 0. The average Bonchev–Trinajstić information content (AvgIpc) is 2.65. The van der Waals surface area contributed by atoms with Crippen molar-refractivity contribution in [2.24, 2.45) is 0 Å². The van der Waals surface area contributed by atoms with Crippen LogP contribution in [0.25, 0.3) is 0 Å². The number of nitrogens with zero attached hydrogens (tertiary/aromatic N) is 3. The molecule has 0 radical (unpaired) electrons. The van der Waals surface area contributed by atoms with Gasteiger partial charge in [0.15, 0.2) is 0 Å². The molecule has 28 heavy (non-hydrogen) atoms. The Morgan fingerprint density at radius 1 is 0.857 bits per heavy atom. The van der Waals surface area contributed by atoms with Crippen molar-refractivity contribution in [3.05, 3.63) is 71.2 Å². The number of benzene rings is 1. The van der Waals surface area contributed by atoms with Gasteiger partial charge in [0.25, 0.3) is 5.91 Å². The van der Waals surface area contributed by atoms with Crippen molar-refractivity contribution in [2.45, 2.75) is 20.8 Å². The van der Waals surface area contributed by atoms with E-state index in [4.69, 9.17) is 0 Å². The summed E-state index contributed by atoms with van der Waals surface area (Å²) in [6.45, 7) is 7.00. The SMILES string of the molecule is Cc1ccnc(Nc2cc(NCCNC(=O)c3ccc(C)cc3C)ncn2)c1. The first-order valence-electron chi connectivity index (χ1n) is 9.12. The van der Waals surface area contributed by atoms with Gasteiger partial charge in [0, 0.05) is 30.9 Å². The molecule has 0 aliphatic carbocycles. The minimum absolute atomic E-state index is 0.0742. The van der Waals surface area contributed by atoms with Crippen molar-refractivity contribution in [3.63, 3.8) is 0 Å². The fraction of sp³-hybridized carbons (Fsp3) is 0.238. The summed E-state index contributed by atoms with van der Waals surface area (Å²) in [6.07, 6.45) is 3.23. The van der Waals surface area contributed by atoms with Crippen molar-refractivity contribution in [2.75, 3.05) is 23.7 Å². The molecule has 0 bridgehead atoms. The summed E-state index contributed by atoms with van der Waals surface area (Å²) in [4.78, 5) is 25.0. The van der Waals surface area contributed by atoms with Crippen molar-refractivity contribution >= 4 is 23.4 Å². The van der Waals surface area contributed by atoms with Crippen LogP contribution in [0.4, 0.5) is 17.5 Å². The van der Waals surface area contributed by atoms with E-state index in [2.05, 4.69) is 30.9 Å². The fourth-order valence-corrected chi connectivity index (χ4v) is 2.79. The molecule has 0 atom stereocenters. The summed E-state index contributed by atoms with van der Waals surface area (Å²) in [6, 6.07) is 11.5. The highest BCUT2D eigenvalue weighted by atomic mass is 16.1. The fourth-order valence-electron chi connectivity index (χ4n) is 2.79. The Morgan fingerprint density at radius 3 is 2.39 bits per heavy atom. The van der Waals surface area contributed by atoms with E-state index in [9.17, 15) is 4.79 Å². The van der Waals surface area contributed by atoms with E-state index in [1.165, 1.54) is 6.33 Å². The van der Waals surface area contributed by atoms with Crippen LogP contribution in [-0.4, -0.2) is 33.9 Å². The van der Waals surface area contributed by atoms with Crippen LogP contribution in [0.3, 0.4) is 0 Å². The van der Waals surface area contributed by atoms with Crippen LogP contribution in [0.15, 0.2) is 48.9 Å². The van der Waals surface area contributed by atoms with Crippen LogP contribution in [-0.2, 0) is 0 Å². The van der Waals surface area contributed by atoms with Gasteiger partial charge in [-0.25, -0.2) is 15.0 Å². The van der Waals surface area contributed by atoms with Crippen molar-refractivity contribution in [1.82, 2.24) is 20.3 Å². The molecule has 3 rings (SSSR count). The quantitative estimate of drug-likeness (QED) is 0.548. The first-order chi connectivity index (χ1) is 13.5. The predicted octanol–water partition coefficient (Wildman–Crippen LogP) is 3.38. The van der Waals surface area contributed by atoms with E-state index in [1.54, 1.807) is 12.3 Å². The van der Waals surface area contributed by atoms with Crippen LogP contribution in [0.5, 0.6) is 0 Å². The Labute approximate surface area is 164 Å². The van der Waals surface area contributed by atoms with Gasteiger partial charge in [-0.2, -0.15) is 0 Å². The molecule has 0 saturated carbocycles. The first kappa shape index (κ1) is 19.3. The molecule has 2 aromatic heterocycles. The normalized spacial score (nSPS) is 10.4. The van der Waals surface area contributed by atoms with Gasteiger partial charge in [-0.15, -0.1) is 0 Å². The highest BCUT2D eigenvalue weighted by Crippen LogP contribution is 2.15. The second kappa shape index (κ2) is 8.94. The van der Waals surface area contributed by atoms with Crippen molar-refractivity contribution in [3.8, 4) is 0 Å². The molecule has 0 unspecified atom stereocenters. The van der Waals surface area contributed by atoms with E-state index < -0.39 is 0 Å². The number of carbonyl (C=O) groups excluding carboxylic acids is 1. The summed E-state index contributed by atoms with van der Waals surface area (Å²) in [5.41, 5.74) is 3.93. The molecule has 1 amide bonds. The van der Waals surface area contributed by atoms with Crippen LogP contribution in [0, 0.1) is 20.8 Å².